The van der Waals surface area contributed by atoms with Crippen LogP contribution in [0.3, 0.4) is 0 Å². The van der Waals surface area contributed by atoms with Crippen molar-refractivity contribution in [3.8, 4) is 5.75 Å². The van der Waals surface area contributed by atoms with Gasteiger partial charge in [0.2, 0.25) is 0 Å². The summed E-state index contributed by atoms with van der Waals surface area (Å²) in [5.41, 5.74) is 7.72. The van der Waals surface area contributed by atoms with Crippen LogP contribution in [0.4, 0.5) is 0 Å². The molecule has 0 aromatic heterocycles. The van der Waals surface area contributed by atoms with Gasteiger partial charge in [-0.05, 0) is 53.3 Å². The number of rotatable bonds is 11. The molecule has 0 bridgehead atoms. The maximum Gasteiger partial charge on any atom is 0.119 e. The summed E-state index contributed by atoms with van der Waals surface area (Å²) in [6, 6.07) is 28.4. The van der Waals surface area contributed by atoms with Crippen LogP contribution in [0.2, 0.25) is 0 Å². The third kappa shape index (κ3) is 7.82. The number of hydrogen-bond acceptors (Lipinski definition) is 5. The second kappa shape index (κ2) is 14.6. The molecule has 0 saturated carbocycles. The van der Waals surface area contributed by atoms with E-state index in [1.54, 1.807) is 0 Å². The monoisotopic (exact) mass is 538 g/mol. The Morgan fingerprint density at radius 1 is 0.650 bits per heavy atom. The molecule has 3 aromatic carbocycles. The first kappa shape index (κ1) is 28.6. The summed E-state index contributed by atoms with van der Waals surface area (Å²) in [4.78, 5) is 7.75. The highest BCUT2D eigenvalue weighted by atomic mass is 16.5. The predicted octanol–water partition coefficient (Wildman–Crippen LogP) is 5.27. The lowest BCUT2D eigenvalue weighted by molar-refractivity contribution is 0.104. The zero-order chi connectivity index (χ0) is 27.6. The fourth-order valence-corrected chi connectivity index (χ4v) is 5.86. The van der Waals surface area contributed by atoms with Crippen LogP contribution in [0.25, 0.3) is 11.1 Å². The highest BCUT2D eigenvalue weighted by molar-refractivity contribution is 5.98. The molecular weight excluding hydrogens is 492 g/mol. The van der Waals surface area contributed by atoms with Crippen molar-refractivity contribution in [3.63, 3.8) is 0 Å². The Hall–Kier alpha value is -2.96. The fraction of sp³-hybridized carbons (Fsp3) is 0.429. The Balaban J connectivity index is 1.16. The van der Waals surface area contributed by atoms with Gasteiger partial charge in [0, 0.05) is 72.0 Å². The number of nitrogens with zero attached hydrogens (tertiary/aromatic N) is 3. The molecule has 0 unspecified atom stereocenters. The lowest BCUT2D eigenvalue weighted by Gasteiger charge is -2.36. The molecule has 2 heterocycles. The smallest absolute Gasteiger partial charge is 0.119 e. The molecule has 0 amide bonds. The second-order valence-electron chi connectivity index (χ2n) is 11.1. The van der Waals surface area contributed by atoms with Crippen LogP contribution in [0.5, 0.6) is 5.75 Å². The van der Waals surface area contributed by atoms with Gasteiger partial charge in [-0.3, -0.25) is 14.7 Å². The van der Waals surface area contributed by atoms with Crippen molar-refractivity contribution in [2.45, 2.75) is 20.3 Å². The summed E-state index contributed by atoms with van der Waals surface area (Å²) in [7, 11) is 0. The average Bonchev–Trinajstić information content (AvgIpc) is 3.01. The highest BCUT2D eigenvalue weighted by Crippen LogP contribution is 2.35. The van der Waals surface area contributed by atoms with E-state index in [9.17, 15) is 0 Å². The number of allylic oxidation sites excluding steroid dienone is 1. The number of nitrogens with one attached hydrogen (secondary N) is 1. The van der Waals surface area contributed by atoms with Crippen LogP contribution in [-0.2, 0) is 0 Å². The Labute approximate surface area is 241 Å². The number of benzene rings is 3. The largest absolute Gasteiger partial charge is 0.492 e. The SMILES string of the molecule is CC/C(=C(\c1ccc(C)cc1)c1ccc(OCCN2CCN(CCN3CCNCC3)CC2)cc1)c1ccccc1. The second-order valence-corrected chi connectivity index (χ2v) is 11.1. The minimum Gasteiger partial charge on any atom is -0.492 e. The van der Waals surface area contributed by atoms with Gasteiger partial charge in [-0.25, -0.2) is 0 Å². The zero-order valence-electron chi connectivity index (χ0n) is 24.4. The van der Waals surface area contributed by atoms with Gasteiger partial charge in [-0.1, -0.05) is 79.2 Å². The standard InChI is InChI=1S/C35H46N4O/c1-3-34(30-7-5-4-6-8-30)35(31-11-9-29(2)10-12-31)32-13-15-33(16-14-32)40-28-27-39-25-23-38(24-26-39)22-21-37-19-17-36-18-20-37/h4-16,36H,3,17-28H2,1-2H3/b35-34-. The highest BCUT2D eigenvalue weighted by Gasteiger charge is 2.18. The topological polar surface area (TPSA) is 31.0 Å². The van der Waals surface area contributed by atoms with E-state index in [1.165, 1.54) is 59.6 Å². The summed E-state index contributed by atoms with van der Waals surface area (Å²) in [5.74, 6) is 0.944. The summed E-state index contributed by atoms with van der Waals surface area (Å²) >= 11 is 0. The molecule has 5 nitrogen and oxygen atoms in total. The van der Waals surface area contributed by atoms with Gasteiger partial charge in [0.05, 0.1) is 0 Å². The third-order valence-corrected chi connectivity index (χ3v) is 8.34. The van der Waals surface area contributed by atoms with Crippen molar-refractivity contribution in [2.75, 3.05) is 78.6 Å². The van der Waals surface area contributed by atoms with E-state index in [4.69, 9.17) is 4.74 Å². The van der Waals surface area contributed by atoms with Crippen LogP contribution in [0.1, 0.15) is 35.6 Å². The van der Waals surface area contributed by atoms with Gasteiger partial charge >= 0.3 is 0 Å². The third-order valence-electron chi connectivity index (χ3n) is 8.34. The van der Waals surface area contributed by atoms with E-state index in [0.29, 0.717) is 0 Å². The first-order valence-corrected chi connectivity index (χ1v) is 15.2. The first-order chi connectivity index (χ1) is 19.7. The van der Waals surface area contributed by atoms with Crippen molar-refractivity contribution < 1.29 is 4.74 Å². The molecule has 2 aliphatic heterocycles. The Kier molecular flexibility index (Phi) is 10.4. The molecule has 3 aromatic rings. The molecule has 0 spiro atoms. The predicted molar refractivity (Wildman–Crippen MR) is 168 cm³/mol. The minimum absolute atomic E-state index is 0.727. The first-order valence-electron chi connectivity index (χ1n) is 15.2. The average molecular weight is 539 g/mol. The van der Waals surface area contributed by atoms with Gasteiger partial charge in [0.1, 0.15) is 12.4 Å². The summed E-state index contributed by atoms with van der Waals surface area (Å²) < 4.78 is 6.21. The maximum absolute atomic E-state index is 6.21. The normalized spacial score (nSPS) is 17.9. The van der Waals surface area contributed by atoms with Crippen molar-refractivity contribution in [2.24, 2.45) is 0 Å². The Bertz CT molecular complexity index is 1190. The number of hydrogen-bond donors (Lipinski definition) is 1. The van der Waals surface area contributed by atoms with E-state index >= 15 is 0 Å². The van der Waals surface area contributed by atoms with E-state index in [1.807, 2.05) is 0 Å². The summed E-state index contributed by atoms with van der Waals surface area (Å²) in [6.45, 7) is 17.7. The van der Waals surface area contributed by atoms with Crippen molar-refractivity contribution in [1.29, 1.82) is 0 Å². The van der Waals surface area contributed by atoms with E-state index in [2.05, 4.69) is 113 Å². The van der Waals surface area contributed by atoms with Crippen molar-refractivity contribution >= 4 is 11.1 Å². The van der Waals surface area contributed by atoms with Crippen LogP contribution in [-0.4, -0.2) is 93.3 Å². The van der Waals surface area contributed by atoms with Crippen molar-refractivity contribution in [3.05, 3.63) is 101 Å². The fourth-order valence-electron chi connectivity index (χ4n) is 5.86. The van der Waals surface area contributed by atoms with Crippen LogP contribution in [0.15, 0.2) is 78.9 Å². The van der Waals surface area contributed by atoms with Crippen LogP contribution in [0, 0.1) is 6.92 Å². The van der Waals surface area contributed by atoms with Gasteiger partial charge in [0.25, 0.3) is 0 Å². The lowest BCUT2D eigenvalue weighted by atomic mass is 9.88. The molecule has 2 aliphatic rings. The molecule has 5 rings (SSSR count). The van der Waals surface area contributed by atoms with E-state index < -0.39 is 0 Å². The molecule has 0 aliphatic carbocycles. The molecule has 40 heavy (non-hydrogen) atoms. The van der Waals surface area contributed by atoms with E-state index in [0.717, 1.165) is 64.6 Å². The molecule has 2 saturated heterocycles. The van der Waals surface area contributed by atoms with Gasteiger partial charge in [0.15, 0.2) is 0 Å². The number of piperazine rings is 2. The van der Waals surface area contributed by atoms with Crippen LogP contribution >= 0.6 is 0 Å². The lowest BCUT2D eigenvalue weighted by Crippen LogP contribution is -2.51. The Morgan fingerprint density at radius 3 is 1.80 bits per heavy atom. The van der Waals surface area contributed by atoms with Gasteiger partial charge < -0.3 is 10.1 Å². The number of aryl methyl sites for hydroxylation is 1. The minimum atomic E-state index is 0.727. The van der Waals surface area contributed by atoms with Gasteiger partial charge in [-0.15, -0.1) is 0 Å². The van der Waals surface area contributed by atoms with Crippen LogP contribution < -0.4 is 10.1 Å². The van der Waals surface area contributed by atoms with E-state index in [-0.39, 0.29) is 0 Å². The Morgan fingerprint density at radius 2 is 1.20 bits per heavy atom. The van der Waals surface area contributed by atoms with Gasteiger partial charge in [-0.2, -0.15) is 0 Å². The molecule has 212 valence electrons. The molecule has 5 heteroatoms. The molecule has 1 N–H and O–H groups in total. The zero-order valence-corrected chi connectivity index (χ0v) is 24.4. The maximum atomic E-state index is 6.21. The number of ether oxygens (including phenoxy) is 1. The molecule has 0 radical (unpaired) electrons. The summed E-state index contributed by atoms with van der Waals surface area (Å²) in [6.07, 6.45) is 0.967. The quantitative estimate of drug-likeness (QED) is 0.337. The molecule has 2 fully saturated rings. The molecular formula is C35H46N4O. The summed E-state index contributed by atoms with van der Waals surface area (Å²) in [5, 5.41) is 3.44. The van der Waals surface area contributed by atoms with Crippen molar-refractivity contribution in [1.82, 2.24) is 20.0 Å². The molecule has 0 atom stereocenters.